The molecule has 2 heterocycles. The van der Waals surface area contributed by atoms with Gasteiger partial charge in [0.15, 0.2) is 5.78 Å². The minimum atomic E-state index is -0.288. The van der Waals surface area contributed by atoms with Crippen molar-refractivity contribution in [2.75, 3.05) is 52.4 Å². The number of ketones is 1. The van der Waals surface area contributed by atoms with Gasteiger partial charge in [-0.1, -0.05) is 60.7 Å². The summed E-state index contributed by atoms with van der Waals surface area (Å²) in [5, 5.41) is 10.4. The average Bonchev–Trinajstić information content (AvgIpc) is 3.01. The number of phenolic OH excluding ortho intramolecular Hbond substituents is 1. The maximum Gasteiger partial charge on any atom is 0.409 e. The second kappa shape index (κ2) is 14.2. The van der Waals surface area contributed by atoms with Gasteiger partial charge in [0.2, 0.25) is 0 Å². The lowest BCUT2D eigenvalue weighted by Crippen LogP contribution is -2.56. The van der Waals surface area contributed by atoms with Crippen molar-refractivity contribution < 1.29 is 19.4 Å². The molecular weight excluding hydrogens is 540 g/mol. The number of Topliss-reactive ketones (excluding diaryl/α,β-unsaturated/α-hetero) is 1. The Hall–Kier alpha value is -3.72. The molecule has 8 nitrogen and oxygen atoms in total. The minimum Gasteiger partial charge on any atom is -0.508 e. The Bertz CT molecular complexity index is 1380. The first-order chi connectivity index (χ1) is 20.8. The van der Waals surface area contributed by atoms with E-state index in [1.807, 2.05) is 30.3 Å². The number of aromatic hydroxyl groups is 1. The van der Waals surface area contributed by atoms with Gasteiger partial charge in [-0.05, 0) is 55.7 Å². The van der Waals surface area contributed by atoms with E-state index < -0.39 is 0 Å². The van der Waals surface area contributed by atoms with Crippen LogP contribution in [0.5, 0.6) is 5.75 Å². The smallest absolute Gasteiger partial charge is 0.409 e. The van der Waals surface area contributed by atoms with Crippen LogP contribution in [0.15, 0.2) is 78.9 Å². The molecule has 228 valence electrons. The summed E-state index contributed by atoms with van der Waals surface area (Å²) in [5.74, 6) is 0.301. The monoisotopic (exact) mass is 584 g/mol. The van der Waals surface area contributed by atoms with Crippen molar-refractivity contribution >= 4 is 11.9 Å². The summed E-state index contributed by atoms with van der Waals surface area (Å²) in [4.78, 5) is 34.4. The van der Waals surface area contributed by atoms with Gasteiger partial charge in [-0.2, -0.15) is 0 Å². The van der Waals surface area contributed by atoms with Crippen molar-refractivity contribution in [1.82, 2.24) is 19.6 Å². The summed E-state index contributed by atoms with van der Waals surface area (Å²) in [6.45, 7) is 12.1. The molecule has 0 radical (unpaired) electrons. The molecule has 3 atom stereocenters. The molecule has 0 bridgehead atoms. The first kappa shape index (κ1) is 30.7. The molecule has 0 spiro atoms. The highest BCUT2D eigenvalue weighted by atomic mass is 16.6. The third-order valence-corrected chi connectivity index (χ3v) is 8.70. The van der Waals surface area contributed by atoms with E-state index in [2.05, 4.69) is 71.0 Å². The Labute approximate surface area is 255 Å². The largest absolute Gasteiger partial charge is 0.508 e. The number of hydrogen-bond donors (Lipinski definition) is 1. The van der Waals surface area contributed by atoms with Crippen molar-refractivity contribution in [2.24, 2.45) is 0 Å². The Morgan fingerprint density at radius 2 is 1.56 bits per heavy atom. The van der Waals surface area contributed by atoms with Crippen molar-refractivity contribution in [1.29, 1.82) is 0 Å². The molecule has 43 heavy (non-hydrogen) atoms. The molecule has 8 heteroatoms. The fourth-order valence-electron chi connectivity index (χ4n) is 6.37. The van der Waals surface area contributed by atoms with Crippen LogP contribution in [0.3, 0.4) is 0 Å². The van der Waals surface area contributed by atoms with E-state index in [-0.39, 0.29) is 29.7 Å². The molecule has 0 aliphatic carbocycles. The zero-order chi connectivity index (χ0) is 30.3. The van der Waals surface area contributed by atoms with Crippen LogP contribution in [-0.2, 0) is 11.3 Å². The lowest BCUT2D eigenvalue weighted by Gasteiger charge is -2.47. The highest BCUT2D eigenvalue weighted by Crippen LogP contribution is 2.35. The van der Waals surface area contributed by atoms with Crippen molar-refractivity contribution in [3.63, 3.8) is 0 Å². The molecule has 2 aliphatic heterocycles. The topological polar surface area (TPSA) is 76.6 Å². The van der Waals surface area contributed by atoms with E-state index in [4.69, 9.17) is 4.74 Å². The van der Waals surface area contributed by atoms with Gasteiger partial charge in [0.05, 0.1) is 19.2 Å². The lowest BCUT2D eigenvalue weighted by atomic mass is 9.91. The van der Waals surface area contributed by atoms with Gasteiger partial charge in [-0.3, -0.25) is 19.5 Å². The number of amides is 1. The molecule has 2 saturated heterocycles. The fraction of sp³-hybridized carbons (Fsp3) is 0.429. The molecular formula is C35H44N4O4. The number of piperazine rings is 2. The van der Waals surface area contributed by atoms with Gasteiger partial charge in [-0.15, -0.1) is 0 Å². The second-order valence-electron chi connectivity index (χ2n) is 11.8. The van der Waals surface area contributed by atoms with E-state index in [1.54, 1.807) is 17.9 Å². The van der Waals surface area contributed by atoms with E-state index in [1.165, 1.54) is 5.56 Å². The van der Waals surface area contributed by atoms with Crippen molar-refractivity contribution in [2.45, 2.75) is 45.4 Å². The number of carbonyl (C=O) groups excluding carboxylic acids is 2. The fourth-order valence-corrected chi connectivity index (χ4v) is 6.37. The maximum absolute atomic E-state index is 13.5. The van der Waals surface area contributed by atoms with E-state index >= 15 is 0 Å². The Morgan fingerprint density at radius 3 is 2.26 bits per heavy atom. The molecule has 3 aromatic rings. The molecule has 1 N–H and O–H groups in total. The zero-order valence-corrected chi connectivity index (χ0v) is 25.6. The Balaban J connectivity index is 1.33. The van der Waals surface area contributed by atoms with Crippen LogP contribution in [0.1, 0.15) is 53.9 Å². The molecule has 5 rings (SSSR count). The van der Waals surface area contributed by atoms with E-state index in [9.17, 15) is 14.7 Å². The first-order valence-corrected chi connectivity index (χ1v) is 15.4. The number of carbonyl (C=O) groups is 2. The quantitative estimate of drug-likeness (QED) is 0.354. The maximum atomic E-state index is 13.5. The first-order valence-electron chi connectivity index (χ1n) is 15.4. The molecule has 1 unspecified atom stereocenters. The molecule has 3 aromatic carbocycles. The summed E-state index contributed by atoms with van der Waals surface area (Å²) < 4.78 is 5.12. The molecule has 2 aliphatic rings. The van der Waals surface area contributed by atoms with Gasteiger partial charge in [-0.25, -0.2) is 4.79 Å². The number of phenols is 1. The minimum absolute atomic E-state index is 0.0650. The summed E-state index contributed by atoms with van der Waals surface area (Å²) in [6.07, 6.45) is -0.288. The molecule has 0 aromatic heterocycles. The van der Waals surface area contributed by atoms with E-state index in [0.717, 1.165) is 30.8 Å². The van der Waals surface area contributed by atoms with Gasteiger partial charge < -0.3 is 14.7 Å². The third kappa shape index (κ3) is 7.63. The summed E-state index contributed by atoms with van der Waals surface area (Å²) >= 11 is 0. The molecule has 1 amide bonds. The lowest BCUT2D eigenvalue weighted by molar-refractivity contribution is 0.0195. The predicted molar refractivity (Wildman–Crippen MR) is 168 cm³/mol. The highest BCUT2D eigenvalue weighted by molar-refractivity contribution is 5.97. The Morgan fingerprint density at radius 1 is 0.860 bits per heavy atom. The van der Waals surface area contributed by atoms with Gasteiger partial charge in [0.25, 0.3) is 0 Å². The van der Waals surface area contributed by atoms with Crippen LogP contribution in [0.4, 0.5) is 4.79 Å². The number of nitrogens with zero attached hydrogens (tertiary/aromatic N) is 4. The summed E-state index contributed by atoms with van der Waals surface area (Å²) in [6, 6.07) is 26.6. The zero-order valence-electron chi connectivity index (χ0n) is 25.6. The van der Waals surface area contributed by atoms with Crippen LogP contribution >= 0.6 is 0 Å². The number of rotatable bonds is 9. The van der Waals surface area contributed by atoms with Gasteiger partial charge >= 0.3 is 6.09 Å². The second-order valence-corrected chi connectivity index (χ2v) is 11.8. The summed E-state index contributed by atoms with van der Waals surface area (Å²) in [5.41, 5.74) is 4.04. The van der Waals surface area contributed by atoms with Crippen LogP contribution in [0.25, 0.3) is 0 Å². The number of ether oxygens (including phenoxy) is 1. The van der Waals surface area contributed by atoms with Crippen LogP contribution < -0.4 is 0 Å². The van der Waals surface area contributed by atoms with Crippen molar-refractivity contribution in [3.8, 4) is 5.75 Å². The highest BCUT2D eigenvalue weighted by Gasteiger charge is 2.35. The molecule has 2 fully saturated rings. The number of benzene rings is 3. The van der Waals surface area contributed by atoms with Crippen LogP contribution in [-0.4, -0.2) is 101 Å². The Kier molecular flexibility index (Phi) is 10.1. The summed E-state index contributed by atoms with van der Waals surface area (Å²) in [7, 11) is 0. The standard InChI is InChI=1S/C35H44N4O4/c1-4-43-35(42)37-18-16-36(17-19-37)25-33(41)29-12-8-13-30(20-29)34(31-14-9-15-32(40)21-31)39-23-26(2)38(22-27(39)3)24-28-10-6-5-7-11-28/h5-15,20-21,26-27,34,40H,4,16-19,22-25H2,1-3H3/t26-,27+,34?/m1/s1. The number of hydrogen-bond acceptors (Lipinski definition) is 7. The van der Waals surface area contributed by atoms with Crippen LogP contribution in [0.2, 0.25) is 0 Å². The average molecular weight is 585 g/mol. The van der Waals surface area contributed by atoms with Gasteiger partial charge in [0.1, 0.15) is 5.75 Å². The van der Waals surface area contributed by atoms with Crippen molar-refractivity contribution in [3.05, 3.63) is 101 Å². The predicted octanol–water partition coefficient (Wildman–Crippen LogP) is 5.03. The SMILES string of the molecule is CCOC(=O)N1CCN(CC(=O)c2cccc(C(c3cccc(O)c3)N3C[C@@H](C)N(Cc4ccccc4)C[C@@H]3C)c2)CC1. The third-order valence-electron chi connectivity index (χ3n) is 8.70. The normalized spacial score (nSPS) is 21.0. The molecule has 0 saturated carbocycles. The van der Waals surface area contributed by atoms with Crippen LogP contribution in [0, 0.1) is 0 Å². The van der Waals surface area contributed by atoms with Gasteiger partial charge in [0, 0.05) is 63.5 Å². The van der Waals surface area contributed by atoms with E-state index in [0.29, 0.717) is 50.9 Å².